The number of rotatable bonds is 19. The van der Waals surface area contributed by atoms with E-state index in [1.165, 1.54) is 63.4 Å². The summed E-state index contributed by atoms with van der Waals surface area (Å²) in [6.07, 6.45) is 14.2. The topological polar surface area (TPSA) is 60.7 Å². The highest BCUT2D eigenvalue weighted by Gasteiger charge is 2.36. The van der Waals surface area contributed by atoms with Crippen LogP contribution in [0.3, 0.4) is 0 Å². The molecule has 0 saturated carbocycles. The van der Waals surface area contributed by atoms with Gasteiger partial charge in [-0.2, -0.15) is 0 Å². The zero-order chi connectivity index (χ0) is 21.2. The molecule has 176 valence electrons. The Morgan fingerprint density at radius 3 is 1.53 bits per heavy atom. The van der Waals surface area contributed by atoms with Crippen molar-refractivity contribution in [2.45, 2.75) is 83.6 Å². The van der Waals surface area contributed by atoms with E-state index in [9.17, 15) is 15.3 Å². The van der Waals surface area contributed by atoms with E-state index in [0.29, 0.717) is 24.1 Å². The quantitative estimate of drug-likeness (QED) is 0.226. The molecule has 1 aromatic rings. The molecule has 0 bridgehead atoms. The lowest BCUT2D eigenvalue weighted by Crippen LogP contribution is -3.00. The minimum Gasteiger partial charge on any atom is -1.00 e. The lowest BCUT2D eigenvalue weighted by Gasteiger charge is -2.44. The van der Waals surface area contributed by atoms with Crippen LogP contribution in [0.15, 0.2) is 30.3 Å². The predicted molar refractivity (Wildman–Crippen MR) is 122 cm³/mol. The zero-order valence-electron chi connectivity index (χ0n) is 19.2. The van der Waals surface area contributed by atoms with Crippen molar-refractivity contribution in [1.82, 2.24) is 0 Å². The van der Waals surface area contributed by atoms with Crippen LogP contribution >= 0.6 is 0 Å². The maximum absolute atomic E-state index is 9.72. The second-order valence-electron chi connectivity index (χ2n) is 8.46. The van der Waals surface area contributed by atoms with Gasteiger partial charge in [-0.25, -0.2) is 0 Å². The van der Waals surface area contributed by atoms with Crippen LogP contribution in [-0.4, -0.2) is 59.3 Å². The molecule has 0 aliphatic rings. The third-order valence-electron chi connectivity index (χ3n) is 6.31. The molecule has 1 rings (SSSR count). The summed E-state index contributed by atoms with van der Waals surface area (Å²) in [5.74, 6) is 0. The van der Waals surface area contributed by atoms with Gasteiger partial charge in [-0.1, -0.05) is 95.0 Å². The summed E-state index contributed by atoms with van der Waals surface area (Å²) in [4.78, 5) is 0. The van der Waals surface area contributed by atoms with E-state index in [4.69, 9.17) is 0 Å². The van der Waals surface area contributed by atoms with Crippen LogP contribution in [0.5, 0.6) is 0 Å². The summed E-state index contributed by atoms with van der Waals surface area (Å²) in [7, 11) is 0. The van der Waals surface area contributed by atoms with Gasteiger partial charge >= 0.3 is 0 Å². The number of aliphatic hydroxyl groups excluding tert-OH is 3. The largest absolute Gasteiger partial charge is 1.00 e. The molecule has 0 saturated heterocycles. The van der Waals surface area contributed by atoms with E-state index in [2.05, 4.69) is 31.2 Å². The van der Waals surface area contributed by atoms with Gasteiger partial charge in [0.15, 0.2) is 0 Å². The van der Waals surface area contributed by atoms with Crippen molar-refractivity contribution in [3.8, 4) is 0 Å². The van der Waals surface area contributed by atoms with Crippen LogP contribution in [0.25, 0.3) is 0 Å². The van der Waals surface area contributed by atoms with Crippen molar-refractivity contribution in [1.29, 1.82) is 0 Å². The molecule has 0 amide bonds. The van der Waals surface area contributed by atoms with Gasteiger partial charge in [0.1, 0.15) is 25.7 Å². The fraction of sp³-hybridized carbons (Fsp3) is 0.760. The number of aliphatic hydroxyl groups is 3. The first kappa shape index (κ1) is 29.4. The molecule has 5 heteroatoms. The summed E-state index contributed by atoms with van der Waals surface area (Å²) in [6.45, 7) is 4.18. The summed E-state index contributed by atoms with van der Waals surface area (Å²) < 4.78 is 0.560. The summed E-state index contributed by atoms with van der Waals surface area (Å²) >= 11 is 0. The van der Waals surface area contributed by atoms with E-state index in [1.807, 2.05) is 6.07 Å². The summed E-state index contributed by atoms with van der Waals surface area (Å²) in [5.41, 5.74) is 1.25. The molecule has 1 unspecified atom stereocenters. The smallest absolute Gasteiger partial charge is 0.115 e. The molecule has 0 fully saturated rings. The lowest BCUT2D eigenvalue weighted by atomic mass is 9.95. The van der Waals surface area contributed by atoms with Gasteiger partial charge in [0.25, 0.3) is 0 Å². The molecule has 0 radical (unpaired) electrons. The molecule has 0 aromatic heterocycles. The third kappa shape index (κ3) is 11.1. The number of hydrogen-bond acceptors (Lipinski definition) is 3. The van der Waals surface area contributed by atoms with Gasteiger partial charge in [0.2, 0.25) is 0 Å². The first-order valence-electron chi connectivity index (χ1n) is 12.0. The molecule has 30 heavy (non-hydrogen) atoms. The van der Waals surface area contributed by atoms with Crippen molar-refractivity contribution in [3.05, 3.63) is 35.9 Å². The third-order valence-corrected chi connectivity index (χ3v) is 6.31. The van der Waals surface area contributed by atoms with Crippen LogP contribution in [-0.2, 0) is 0 Å². The Hall–Kier alpha value is -0.650. The van der Waals surface area contributed by atoms with Crippen LogP contribution < -0.4 is 12.4 Å². The van der Waals surface area contributed by atoms with E-state index >= 15 is 0 Å². The molecule has 1 aromatic carbocycles. The van der Waals surface area contributed by atoms with Gasteiger partial charge in [-0.15, -0.1) is 0 Å². The first-order valence-corrected chi connectivity index (χ1v) is 12.0. The Morgan fingerprint density at radius 2 is 1.10 bits per heavy atom. The van der Waals surface area contributed by atoms with Gasteiger partial charge in [0.05, 0.1) is 19.8 Å². The van der Waals surface area contributed by atoms with Crippen molar-refractivity contribution in [2.24, 2.45) is 0 Å². The minimum absolute atomic E-state index is 0. The Kier molecular flexibility index (Phi) is 18.7. The number of nitrogens with zero attached hydrogens (tertiary/aromatic N) is 1. The Balaban J connectivity index is 0.00000841. The fourth-order valence-electron chi connectivity index (χ4n) is 4.66. The van der Waals surface area contributed by atoms with E-state index in [1.54, 1.807) is 0 Å². The normalized spacial score (nSPS) is 12.5. The molecule has 3 N–H and O–H groups in total. The van der Waals surface area contributed by atoms with Crippen LogP contribution in [0, 0.1) is 0 Å². The molecule has 1 atom stereocenters. The molecule has 0 heterocycles. The highest BCUT2D eigenvalue weighted by molar-refractivity contribution is 5.17. The van der Waals surface area contributed by atoms with Crippen LogP contribution in [0.1, 0.15) is 89.2 Å². The molecular formula is C25H46ClNO3. The highest BCUT2D eigenvalue weighted by atomic mass is 35.5. The van der Waals surface area contributed by atoms with E-state index in [0.717, 1.165) is 12.8 Å². The second-order valence-corrected chi connectivity index (χ2v) is 8.46. The van der Waals surface area contributed by atoms with Crippen molar-refractivity contribution in [3.63, 3.8) is 0 Å². The Labute approximate surface area is 191 Å². The van der Waals surface area contributed by atoms with Crippen molar-refractivity contribution in [2.75, 3.05) is 39.5 Å². The van der Waals surface area contributed by atoms with Gasteiger partial charge in [-0.3, -0.25) is 0 Å². The molecule has 0 spiro atoms. The number of hydrogen-bond donors (Lipinski definition) is 3. The highest BCUT2D eigenvalue weighted by Crippen LogP contribution is 2.33. The average molecular weight is 444 g/mol. The lowest BCUT2D eigenvalue weighted by molar-refractivity contribution is -0.958. The Bertz CT molecular complexity index is 470. The SMILES string of the molecule is CCCCCCCCCCCCC(c1ccccc1)[N+](CCO)(CCO)CCO.[Cl-]. The second kappa shape index (κ2) is 19.1. The maximum atomic E-state index is 9.72. The van der Waals surface area contributed by atoms with Gasteiger partial charge in [0, 0.05) is 12.0 Å². The van der Waals surface area contributed by atoms with Crippen molar-refractivity contribution >= 4 is 0 Å². The van der Waals surface area contributed by atoms with E-state index < -0.39 is 0 Å². The van der Waals surface area contributed by atoms with E-state index in [-0.39, 0.29) is 38.3 Å². The molecule has 0 aliphatic carbocycles. The van der Waals surface area contributed by atoms with Crippen LogP contribution in [0.4, 0.5) is 0 Å². The average Bonchev–Trinajstić information content (AvgIpc) is 2.73. The first-order chi connectivity index (χ1) is 14.2. The van der Waals surface area contributed by atoms with Crippen LogP contribution in [0.2, 0.25) is 0 Å². The monoisotopic (exact) mass is 443 g/mol. The number of quaternary nitrogens is 1. The number of unbranched alkanes of at least 4 members (excludes halogenated alkanes) is 9. The maximum Gasteiger partial charge on any atom is 0.115 e. The van der Waals surface area contributed by atoms with Gasteiger partial charge in [-0.05, 0) is 6.42 Å². The standard InChI is InChI=1S/C25H46NO3.ClH/c1-2-3-4-5-6-7-8-9-10-14-17-25(24-15-12-11-13-16-24)26(18-21-27,19-22-28)20-23-29;/h11-13,15-16,25,27-29H,2-10,14,17-23H2,1H3;1H/q+1;/p-1. The zero-order valence-corrected chi connectivity index (χ0v) is 19.9. The molecule has 4 nitrogen and oxygen atoms in total. The van der Waals surface area contributed by atoms with Gasteiger partial charge < -0.3 is 32.2 Å². The van der Waals surface area contributed by atoms with Crippen molar-refractivity contribution < 1.29 is 32.2 Å². The fourth-order valence-corrected chi connectivity index (χ4v) is 4.66. The Morgan fingerprint density at radius 1 is 0.667 bits per heavy atom. The molecule has 0 aliphatic heterocycles. The molecular weight excluding hydrogens is 398 g/mol. The summed E-state index contributed by atoms with van der Waals surface area (Å²) in [5, 5.41) is 29.2. The minimum atomic E-state index is 0. The summed E-state index contributed by atoms with van der Waals surface area (Å²) in [6, 6.07) is 10.7. The predicted octanol–water partition coefficient (Wildman–Crippen LogP) is 1.84. The number of halogens is 1. The number of benzene rings is 1.